The maximum absolute atomic E-state index is 12.3. The zero-order chi connectivity index (χ0) is 18.1. The fourth-order valence-electron chi connectivity index (χ4n) is 3.25. The van der Waals surface area contributed by atoms with Crippen molar-refractivity contribution in [2.45, 2.75) is 57.8 Å². The van der Waals surface area contributed by atoms with Crippen LogP contribution in [0.25, 0.3) is 0 Å². The maximum Gasteiger partial charge on any atom is 0.494 e. The summed E-state index contributed by atoms with van der Waals surface area (Å²) in [4.78, 5) is 2.27. The van der Waals surface area contributed by atoms with Crippen LogP contribution in [0.1, 0.15) is 40.5 Å². The van der Waals surface area contributed by atoms with E-state index in [9.17, 15) is 4.39 Å². The SMILES string of the molecule is CC1(C)OB(c2ccc(O[C@H]3CCN(CCCF)C3)cc2)OC1(C)C.[Sn]. The van der Waals surface area contributed by atoms with Gasteiger partial charge in [0.2, 0.25) is 0 Å². The summed E-state index contributed by atoms with van der Waals surface area (Å²) in [7, 11) is -0.346. The molecule has 2 saturated heterocycles. The molecule has 0 aliphatic carbocycles. The van der Waals surface area contributed by atoms with Crippen molar-refractivity contribution in [3.05, 3.63) is 24.3 Å². The van der Waals surface area contributed by atoms with Crippen molar-refractivity contribution >= 4 is 36.5 Å². The molecule has 1 aromatic rings. The second-order valence-corrected chi connectivity index (χ2v) is 8.03. The predicted octanol–water partition coefficient (Wildman–Crippen LogP) is 2.42. The average Bonchev–Trinajstić information content (AvgIpc) is 3.08. The van der Waals surface area contributed by atoms with Gasteiger partial charge in [-0.3, -0.25) is 9.29 Å². The molecule has 3 rings (SSSR count). The van der Waals surface area contributed by atoms with Crippen molar-refractivity contribution in [1.29, 1.82) is 0 Å². The second kappa shape index (κ2) is 8.80. The minimum absolute atomic E-state index is 0. The topological polar surface area (TPSA) is 30.9 Å². The monoisotopic (exact) mass is 469 g/mol. The molecule has 1 atom stereocenters. The van der Waals surface area contributed by atoms with E-state index in [1.165, 1.54) is 0 Å². The molecule has 2 aliphatic rings. The van der Waals surface area contributed by atoms with E-state index in [-0.39, 0.29) is 55.0 Å². The Labute approximate surface area is 173 Å². The molecule has 0 amide bonds. The molecule has 1 aromatic carbocycles. The Morgan fingerprint density at radius 2 is 1.77 bits per heavy atom. The van der Waals surface area contributed by atoms with Gasteiger partial charge in [-0.05, 0) is 58.1 Å². The van der Waals surface area contributed by atoms with Crippen LogP contribution in [0.4, 0.5) is 4.39 Å². The number of alkyl halides is 1. The van der Waals surface area contributed by atoms with Crippen LogP contribution < -0.4 is 10.2 Å². The molecule has 7 heteroatoms. The summed E-state index contributed by atoms with van der Waals surface area (Å²) in [5.41, 5.74) is 0.335. The molecule has 4 nitrogen and oxygen atoms in total. The number of benzene rings is 1. The number of rotatable bonds is 6. The molecule has 0 spiro atoms. The van der Waals surface area contributed by atoms with Crippen LogP contribution in [0, 0.1) is 0 Å². The summed E-state index contributed by atoms with van der Waals surface area (Å²) >= 11 is 0. The number of ether oxygens (including phenoxy) is 1. The Kier molecular flexibility index (Phi) is 7.44. The summed E-state index contributed by atoms with van der Waals surface area (Å²) in [6, 6.07) is 7.97. The van der Waals surface area contributed by atoms with Crippen LogP contribution in [0.15, 0.2) is 24.3 Å². The summed E-state index contributed by atoms with van der Waals surface area (Å²) in [5.74, 6) is 0.859. The summed E-state index contributed by atoms with van der Waals surface area (Å²) in [6.07, 6.45) is 1.78. The first kappa shape index (κ1) is 22.0. The van der Waals surface area contributed by atoms with Crippen LogP contribution >= 0.6 is 0 Å². The molecule has 0 N–H and O–H groups in total. The van der Waals surface area contributed by atoms with Gasteiger partial charge >= 0.3 is 7.12 Å². The molecule has 0 unspecified atom stereocenters. The second-order valence-electron chi connectivity index (χ2n) is 8.03. The van der Waals surface area contributed by atoms with Gasteiger partial charge in [-0.1, -0.05) is 12.1 Å². The van der Waals surface area contributed by atoms with Crippen molar-refractivity contribution in [3.8, 4) is 5.75 Å². The van der Waals surface area contributed by atoms with Crippen LogP contribution in [-0.2, 0) is 9.31 Å². The number of hydrogen-bond acceptors (Lipinski definition) is 4. The predicted molar refractivity (Wildman–Crippen MR) is 104 cm³/mol. The molecule has 0 aromatic heterocycles. The van der Waals surface area contributed by atoms with Crippen molar-refractivity contribution in [1.82, 2.24) is 4.90 Å². The maximum atomic E-state index is 12.3. The number of hydrogen-bond donors (Lipinski definition) is 0. The summed E-state index contributed by atoms with van der Waals surface area (Å²) in [5, 5.41) is 0. The van der Waals surface area contributed by atoms with E-state index < -0.39 is 0 Å². The minimum atomic E-state index is -0.346. The van der Waals surface area contributed by atoms with Gasteiger partial charge in [0.1, 0.15) is 11.9 Å². The fraction of sp³-hybridized carbons (Fsp3) is 0.684. The summed E-state index contributed by atoms with van der Waals surface area (Å²) in [6.45, 7) is 10.6. The van der Waals surface area contributed by atoms with E-state index in [0.717, 1.165) is 37.3 Å². The Hall–Kier alpha value is -0.306. The molecule has 4 radical (unpaired) electrons. The van der Waals surface area contributed by atoms with Gasteiger partial charge in [0.15, 0.2) is 0 Å². The van der Waals surface area contributed by atoms with E-state index in [0.29, 0.717) is 6.42 Å². The Morgan fingerprint density at radius 1 is 1.15 bits per heavy atom. The van der Waals surface area contributed by atoms with Gasteiger partial charge in [0.25, 0.3) is 0 Å². The smallest absolute Gasteiger partial charge is 0.489 e. The number of nitrogens with zero attached hydrogens (tertiary/aromatic N) is 1. The fourth-order valence-corrected chi connectivity index (χ4v) is 3.25. The quantitative estimate of drug-likeness (QED) is 0.601. The largest absolute Gasteiger partial charge is 0.494 e. The molecule has 2 fully saturated rings. The number of likely N-dealkylation sites (tertiary alicyclic amines) is 1. The zero-order valence-corrected chi connectivity index (χ0v) is 19.1. The molecule has 26 heavy (non-hydrogen) atoms. The van der Waals surface area contributed by atoms with Crippen LogP contribution in [0.2, 0.25) is 0 Å². The van der Waals surface area contributed by atoms with E-state index in [2.05, 4.69) is 32.6 Å². The normalized spacial score (nSPS) is 24.5. The molecular weight excluding hydrogens is 439 g/mol. The van der Waals surface area contributed by atoms with E-state index in [1.807, 2.05) is 24.3 Å². The first-order valence-corrected chi connectivity index (χ1v) is 9.21. The van der Waals surface area contributed by atoms with Gasteiger partial charge in [0.05, 0.1) is 17.9 Å². The van der Waals surface area contributed by atoms with Gasteiger partial charge < -0.3 is 14.0 Å². The molecule has 2 aliphatic heterocycles. The van der Waals surface area contributed by atoms with Crippen LogP contribution in [0.5, 0.6) is 5.75 Å². The first-order valence-electron chi connectivity index (χ1n) is 9.21. The van der Waals surface area contributed by atoms with Crippen molar-refractivity contribution in [3.63, 3.8) is 0 Å². The van der Waals surface area contributed by atoms with E-state index >= 15 is 0 Å². The third-order valence-electron chi connectivity index (χ3n) is 5.55. The van der Waals surface area contributed by atoms with Gasteiger partial charge in [-0.15, -0.1) is 0 Å². The standard InChI is InChI=1S/C19H29BFNO3.Sn/c1-18(2)19(3,4)25-20(24-18)15-6-8-16(9-7-15)23-17-10-13-22(14-17)12-5-11-21;/h6-9,17H,5,10-14H2,1-4H3;/t17-;/m0./s1. The Balaban J connectivity index is 0.00000243. The summed E-state index contributed by atoms with van der Waals surface area (Å²) < 4.78 is 30.5. The number of halogens is 1. The van der Waals surface area contributed by atoms with Gasteiger partial charge in [0, 0.05) is 43.5 Å². The minimum Gasteiger partial charge on any atom is -0.489 e. The molecular formula is C19H29BFNO3Sn. The van der Waals surface area contributed by atoms with Crippen molar-refractivity contribution in [2.24, 2.45) is 0 Å². The van der Waals surface area contributed by atoms with Gasteiger partial charge in [-0.2, -0.15) is 0 Å². The average molecular weight is 468 g/mol. The first-order chi connectivity index (χ1) is 11.8. The Bertz CT molecular complexity index is 569. The van der Waals surface area contributed by atoms with Crippen molar-refractivity contribution in [2.75, 3.05) is 26.3 Å². The van der Waals surface area contributed by atoms with Gasteiger partial charge in [-0.25, -0.2) is 0 Å². The van der Waals surface area contributed by atoms with Crippen LogP contribution in [0.3, 0.4) is 0 Å². The molecule has 0 saturated carbocycles. The Morgan fingerprint density at radius 3 is 2.35 bits per heavy atom. The van der Waals surface area contributed by atoms with E-state index in [4.69, 9.17) is 14.0 Å². The molecule has 0 bridgehead atoms. The molecule has 142 valence electrons. The third kappa shape index (κ3) is 4.94. The van der Waals surface area contributed by atoms with E-state index in [1.54, 1.807) is 0 Å². The zero-order valence-electron chi connectivity index (χ0n) is 16.3. The molecule has 2 heterocycles. The van der Waals surface area contributed by atoms with Crippen LogP contribution in [-0.4, -0.2) is 79.5 Å². The van der Waals surface area contributed by atoms with Crippen molar-refractivity contribution < 1.29 is 18.4 Å². The third-order valence-corrected chi connectivity index (χ3v) is 5.55.